The van der Waals surface area contributed by atoms with Crippen molar-refractivity contribution in [3.63, 3.8) is 0 Å². The molecule has 0 bridgehead atoms. The smallest absolute Gasteiger partial charge is 0.224 e. The van der Waals surface area contributed by atoms with Crippen molar-refractivity contribution in [3.05, 3.63) is 29.8 Å². The maximum Gasteiger partial charge on any atom is 0.224 e. The minimum atomic E-state index is 0. The zero-order chi connectivity index (χ0) is 16.8. The zero-order valence-electron chi connectivity index (χ0n) is 14.8. The second kappa shape index (κ2) is 9.41. The molecule has 0 spiro atoms. The van der Waals surface area contributed by atoms with Gasteiger partial charge < -0.3 is 15.8 Å². The zero-order valence-corrected chi connectivity index (χ0v) is 15.7. The van der Waals surface area contributed by atoms with E-state index in [1.807, 2.05) is 24.3 Å². The van der Waals surface area contributed by atoms with E-state index >= 15 is 0 Å². The molecule has 6 heteroatoms. The number of nitrogen functional groups attached to an aromatic ring is 1. The van der Waals surface area contributed by atoms with Gasteiger partial charge in [0, 0.05) is 30.9 Å². The summed E-state index contributed by atoms with van der Waals surface area (Å²) in [5.41, 5.74) is 7.56. The first-order chi connectivity index (χ1) is 11.7. The van der Waals surface area contributed by atoms with Crippen LogP contribution in [0.1, 0.15) is 37.7 Å². The van der Waals surface area contributed by atoms with Crippen molar-refractivity contribution in [2.24, 2.45) is 0 Å². The number of carbonyl (C=O) groups is 1. The molecule has 0 aromatic heterocycles. The second-order valence-electron chi connectivity index (χ2n) is 7.08. The summed E-state index contributed by atoms with van der Waals surface area (Å²) in [7, 11) is 0. The summed E-state index contributed by atoms with van der Waals surface area (Å²) < 4.78 is 5.51. The molecule has 0 radical (unpaired) electrons. The second-order valence-corrected chi connectivity index (χ2v) is 7.08. The number of halogens is 1. The van der Waals surface area contributed by atoms with Crippen molar-refractivity contribution >= 4 is 24.0 Å². The highest BCUT2D eigenvalue weighted by molar-refractivity contribution is 5.85. The van der Waals surface area contributed by atoms with Crippen LogP contribution in [0.3, 0.4) is 0 Å². The molecule has 1 saturated carbocycles. The molecule has 2 fully saturated rings. The minimum absolute atomic E-state index is 0. The number of carbonyl (C=O) groups excluding carboxylic acids is 1. The van der Waals surface area contributed by atoms with Crippen molar-refractivity contribution in [2.45, 2.75) is 44.1 Å². The van der Waals surface area contributed by atoms with E-state index in [2.05, 4.69) is 10.2 Å². The first kappa shape index (κ1) is 20.0. The summed E-state index contributed by atoms with van der Waals surface area (Å²) in [4.78, 5) is 14.9. The lowest BCUT2D eigenvalue weighted by atomic mass is 9.79. The standard InChI is InChI=1S/C19H29N3O2.ClH/c20-17-6-4-16(5-7-17)14-18(23)21-15-19(8-2-1-3-9-19)22-10-12-24-13-11-22;/h4-7H,1-3,8-15,20H2,(H,21,23);1H. The van der Waals surface area contributed by atoms with Crippen LogP contribution in [0.5, 0.6) is 0 Å². The number of anilines is 1. The van der Waals surface area contributed by atoms with Crippen molar-refractivity contribution in [1.82, 2.24) is 10.2 Å². The summed E-state index contributed by atoms with van der Waals surface area (Å²) in [5.74, 6) is 0.0954. The number of morpholine rings is 1. The minimum Gasteiger partial charge on any atom is -0.399 e. The Morgan fingerprint density at radius 3 is 2.40 bits per heavy atom. The largest absolute Gasteiger partial charge is 0.399 e. The third kappa shape index (κ3) is 5.33. The first-order valence-electron chi connectivity index (χ1n) is 9.12. The molecule has 5 nitrogen and oxygen atoms in total. The highest BCUT2D eigenvalue weighted by Gasteiger charge is 2.38. The highest BCUT2D eigenvalue weighted by atomic mass is 35.5. The van der Waals surface area contributed by atoms with E-state index in [0.29, 0.717) is 6.42 Å². The van der Waals surface area contributed by atoms with Crippen molar-refractivity contribution in [2.75, 3.05) is 38.6 Å². The number of nitrogens with one attached hydrogen (secondary N) is 1. The van der Waals surface area contributed by atoms with Gasteiger partial charge in [-0.05, 0) is 30.5 Å². The van der Waals surface area contributed by atoms with Crippen LogP contribution in [-0.2, 0) is 16.0 Å². The predicted octanol–water partition coefficient (Wildman–Crippen LogP) is 2.38. The number of nitrogens with two attached hydrogens (primary N) is 1. The van der Waals surface area contributed by atoms with E-state index in [-0.39, 0.29) is 23.9 Å². The molecule has 0 atom stereocenters. The monoisotopic (exact) mass is 367 g/mol. The lowest BCUT2D eigenvalue weighted by molar-refractivity contribution is -0.121. The maximum absolute atomic E-state index is 12.4. The van der Waals surface area contributed by atoms with Gasteiger partial charge in [0.2, 0.25) is 5.91 Å². The molecule has 3 N–H and O–H groups in total. The van der Waals surface area contributed by atoms with Gasteiger partial charge in [-0.1, -0.05) is 31.4 Å². The van der Waals surface area contributed by atoms with Crippen LogP contribution in [0.15, 0.2) is 24.3 Å². The summed E-state index contributed by atoms with van der Waals surface area (Å²) >= 11 is 0. The number of benzene rings is 1. The average Bonchev–Trinajstić information content (AvgIpc) is 2.63. The Bertz CT molecular complexity index is 538. The topological polar surface area (TPSA) is 67.6 Å². The van der Waals surface area contributed by atoms with E-state index in [1.165, 1.54) is 32.1 Å². The molecule has 0 unspecified atom stereocenters. The first-order valence-corrected chi connectivity index (χ1v) is 9.12. The van der Waals surface area contributed by atoms with Gasteiger partial charge in [-0.25, -0.2) is 0 Å². The number of ether oxygens (including phenoxy) is 1. The molecule has 1 aromatic carbocycles. The van der Waals surface area contributed by atoms with Gasteiger partial charge >= 0.3 is 0 Å². The molecule has 1 aromatic rings. The number of hydrogen-bond donors (Lipinski definition) is 2. The molecule has 140 valence electrons. The average molecular weight is 368 g/mol. The predicted molar refractivity (Wildman–Crippen MR) is 103 cm³/mol. The third-order valence-electron chi connectivity index (χ3n) is 5.43. The van der Waals surface area contributed by atoms with E-state index in [0.717, 1.165) is 44.1 Å². The van der Waals surface area contributed by atoms with Crippen molar-refractivity contribution in [3.8, 4) is 0 Å². The van der Waals surface area contributed by atoms with Gasteiger partial charge in [0.1, 0.15) is 0 Å². The fourth-order valence-corrected chi connectivity index (χ4v) is 4.00. The molecule has 1 amide bonds. The molecule has 25 heavy (non-hydrogen) atoms. The Kier molecular flexibility index (Phi) is 7.54. The lowest BCUT2D eigenvalue weighted by Gasteiger charge is -2.48. The Morgan fingerprint density at radius 2 is 1.76 bits per heavy atom. The van der Waals surface area contributed by atoms with Crippen LogP contribution < -0.4 is 11.1 Å². The van der Waals surface area contributed by atoms with Crippen molar-refractivity contribution in [1.29, 1.82) is 0 Å². The molecular formula is C19H30ClN3O2. The van der Waals surface area contributed by atoms with E-state index in [9.17, 15) is 4.79 Å². The Hall–Kier alpha value is -1.30. The van der Waals surface area contributed by atoms with Crippen LogP contribution in [0.2, 0.25) is 0 Å². The summed E-state index contributed by atoms with van der Waals surface area (Å²) in [6, 6.07) is 7.54. The van der Waals surface area contributed by atoms with Crippen LogP contribution in [-0.4, -0.2) is 49.2 Å². The van der Waals surface area contributed by atoms with E-state index in [1.54, 1.807) is 0 Å². The van der Waals surface area contributed by atoms with E-state index in [4.69, 9.17) is 10.5 Å². The Morgan fingerprint density at radius 1 is 1.12 bits per heavy atom. The molecule has 2 aliphatic rings. The molecular weight excluding hydrogens is 338 g/mol. The number of nitrogens with zero attached hydrogens (tertiary/aromatic N) is 1. The quantitative estimate of drug-likeness (QED) is 0.784. The van der Waals surface area contributed by atoms with Gasteiger partial charge in [0.05, 0.1) is 19.6 Å². The van der Waals surface area contributed by atoms with Gasteiger partial charge in [-0.15, -0.1) is 12.4 Å². The van der Waals surface area contributed by atoms with Gasteiger partial charge in [-0.2, -0.15) is 0 Å². The number of rotatable bonds is 5. The van der Waals surface area contributed by atoms with Gasteiger partial charge in [0.15, 0.2) is 0 Å². The Balaban J connectivity index is 0.00000225. The molecule has 3 rings (SSSR count). The highest BCUT2D eigenvalue weighted by Crippen LogP contribution is 2.33. The van der Waals surface area contributed by atoms with Crippen LogP contribution in [0.25, 0.3) is 0 Å². The fourth-order valence-electron chi connectivity index (χ4n) is 4.00. The molecule has 1 saturated heterocycles. The SMILES string of the molecule is Cl.Nc1ccc(CC(=O)NCC2(N3CCOCC3)CCCCC2)cc1. The van der Waals surface area contributed by atoms with Gasteiger partial charge in [-0.3, -0.25) is 9.69 Å². The summed E-state index contributed by atoms with van der Waals surface area (Å²) in [6.07, 6.45) is 6.59. The number of hydrogen-bond acceptors (Lipinski definition) is 4. The summed E-state index contributed by atoms with van der Waals surface area (Å²) in [5, 5.41) is 3.20. The third-order valence-corrected chi connectivity index (χ3v) is 5.43. The Labute approximate surface area is 156 Å². The van der Waals surface area contributed by atoms with E-state index < -0.39 is 0 Å². The van der Waals surface area contributed by atoms with Crippen LogP contribution in [0, 0.1) is 0 Å². The molecule has 1 heterocycles. The fraction of sp³-hybridized carbons (Fsp3) is 0.632. The van der Waals surface area contributed by atoms with Gasteiger partial charge in [0.25, 0.3) is 0 Å². The number of amides is 1. The molecule has 1 aliphatic carbocycles. The maximum atomic E-state index is 12.4. The molecule has 1 aliphatic heterocycles. The lowest BCUT2D eigenvalue weighted by Crippen LogP contribution is -2.59. The normalized spacial score (nSPS) is 20.5. The summed E-state index contributed by atoms with van der Waals surface area (Å²) in [6.45, 7) is 4.32. The van der Waals surface area contributed by atoms with Crippen LogP contribution in [0.4, 0.5) is 5.69 Å². The van der Waals surface area contributed by atoms with Crippen molar-refractivity contribution < 1.29 is 9.53 Å². The van der Waals surface area contributed by atoms with Crippen LogP contribution >= 0.6 is 12.4 Å².